The zero-order valence-electron chi connectivity index (χ0n) is 16.4. The Balaban J connectivity index is 1.30. The average molecular weight is 419 g/mol. The van der Waals surface area contributed by atoms with Crippen molar-refractivity contribution in [1.82, 2.24) is 15.0 Å². The summed E-state index contributed by atoms with van der Waals surface area (Å²) in [4.78, 5) is 13.5. The van der Waals surface area contributed by atoms with Crippen LogP contribution in [0.25, 0.3) is 10.2 Å². The quantitative estimate of drug-likeness (QED) is 0.436. The fourth-order valence-corrected chi connectivity index (χ4v) is 4.76. The molecule has 5 rings (SSSR count). The third kappa shape index (κ3) is 4.13. The Labute approximate surface area is 178 Å². The number of aliphatic hydroxyl groups is 1. The van der Waals surface area contributed by atoms with Gasteiger partial charge >= 0.3 is 0 Å². The molecule has 6 nitrogen and oxygen atoms in total. The minimum Gasteiger partial charge on any atom is -0.437 e. The lowest BCUT2D eigenvalue weighted by Crippen LogP contribution is -2.19. The first-order chi connectivity index (χ1) is 14.7. The summed E-state index contributed by atoms with van der Waals surface area (Å²) in [5, 5.41) is 14.2. The molecule has 0 radical (unpaired) electrons. The fourth-order valence-electron chi connectivity index (χ4n) is 3.87. The van der Waals surface area contributed by atoms with Crippen molar-refractivity contribution in [1.29, 1.82) is 0 Å². The molecule has 2 unspecified atom stereocenters. The number of anilines is 2. The first-order valence-electron chi connectivity index (χ1n) is 10.1. The summed E-state index contributed by atoms with van der Waals surface area (Å²) in [6.07, 6.45) is 6.61. The number of hydrogen-bond acceptors (Lipinski definition) is 7. The first kappa shape index (κ1) is 19.0. The number of hydrogen-bond donors (Lipinski definition) is 2. The number of ether oxygens (including phenoxy) is 1. The van der Waals surface area contributed by atoms with Crippen molar-refractivity contribution in [3.63, 3.8) is 0 Å². The molecule has 2 aromatic heterocycles. The number of rotatable bonds is 5. The van der Waals surface area contributed by atoms with Gasteiger partial charge in [-0.25, -0.2) is 9.97 Å². The van der Waals surface area contributed by atoms with E-state index in [0.29, 0.717) is 18.1 Å². The second-order valence-electron chi connectivity index (χ2n) is 7.50. The van der Waals surface area contributed by atoms with E-state index >= 15 is 0 Å². The van der Waals surface area contributed by atoms with E-state index in [2.05, 4.69) is 26.3 Å². The van der Waals surface area contributed by atoms with Crippen LogP contribution in [-0.4, -0.2) is 26.2 Å². The van der Waals surface area contributed by atoms with Crippen molar-refractivity contribution in [2.24, 2.45) is 0 Å². The highest BCUT2D eigenvalue weighted by molar-refractivity contribution is 7.22. The molecular formula is C23H22N4O2S. The van der Waals surface area contributed by atoms with Gasteiger partial charge in [-0.2, -0.15) is 0 Å². The smallest absolute Gasteiger partial charge is 0.241 e. The van der Waals surface area contributed by atoms with Crippen LogP contribution in [0.15, 0.2) is 60.9 Å². The summed E-state index contributed by atoms with van der Waals surface area (Å²) >= 11 is 1.62. The molecule has 2 N–H and O–H groups in total. The molecule has 152 valence electrons. The predicted molar refractivity (Wildman–Crippen MR) is 119 cm³/mol. The minimum absolute atomic E-state index is 0.178. The van der Waals surface area contributed by atoms with E-state index in [1.807, 2.05) is 42.5 Å². The van der Waals surface area contributed by atoms with Crippen LogP contribution in [0.5, 0.6) is 11.6 Å². The largest absolute Gasteiger partial charge is 0.437 e. The molecule has 2 heterocycles. The summed E-state index contributed by atoms with van der Waals surface area (Å²) in [6, 6.07) is 15.8. The molecule has 2 aromatic carbocycles. The van der Waals surface area contributed by atoms with Crippen LogP contribution in [0.2, 0.25) is 0 Å². The van der Waals surface area contributed by atoms with Crippen molar-refractivity contribution >= 4 is 32.4 Å². The maximum absolute atomic E-state index is 10.0. The van der Waals surface area contributed by atoms with Crippen LogP contribution >= 0.6 is 11.3 Å². The molecule has 1 aliphatic carbocycles. The second kappa shape index (κ2) is 8.38. The standard InChI is InChI=1S/C23H22N4O2S/c28-17-5-3-4-15(14-17)21-22(25-13-12-24-21)29-18-10-8-16(9-11-18)26-23-27-19-6-1-2-7-20(19)30-23/h1-2,6-13,15,17,28H,3-5,14H2,(H,26,27). The molecule has 0 bridgehead atoms. The average Bonchev–Trinajstić information content (AvgIpc) is 3.18. The normalized spacial score (nSPS) is 19.0. The maximum Gasteiger partial charge on any atom is 0.241 e. The zero-order chi connectivity index (χ0) is 20.3. The van der Waals surface area contributed by atoms with E-state index in [1.165, 1.54) is 0 Å². The van der Waals surface area contributed by atoms with Gasteiger partial charge in [-0.15, -0.1) is 0 Å². The summed E-state index contributed by atoms with van der Waals surface area (Å²) in [7, 11) is 0. The number of para-hydroxylation sites is 1. The van der Waals surface area contributed by atoms with Gasteiger partial charge in [0, 0.05) is 24.0 Å². The second-order valence-corrected chi connectivity index (χ2v) is 8.53. The van der Waals surface area contributed by atoms with Gasteiger partial charge in [-0.05, 0) is 55.7 Å². The molecule has 2 atom stereocenters. The lowest BCUT2D eigenvalue weighted by molar-refractivity contribution is 0.118. The Morgan fingerprint density at radius 2 is 1.83 bits per heavy atom. The monoisotopic (exact) mass is 418 g/mol. The predicted octanol–water partition coefficient (Wildman–Crippen LogP) is 5.64. The lowest BCUT2D eigenvalue weighted by Gasteiger charge is -2.26. The number of fused-ring (bicyclic) bond motifs is 1. The highest BCUT2D eigenvalue weighted by Crippen LogP contribution is 2.37. The molecule has 1 aliphatic rings. The van der Waals surface area contributed by atoms with Gasteiger partial charge in [0.1, 0.15) is 11.4 Å². The summed E-state index contributed by atoms with van der Waals surface area (Å²) < 4.78 is 7.21. The van der Waals surface area contributed by atoms with Crippen LogP contribution in [0, 0.1) is 0 Å². The van der Waals surface area contributed by atoms with Crippen molar-refractivity contribution in [2.75, 3.05) is 5.32 Å². The molecule has 0 spiro atoms. The SMILES string of the molecule is OC1CCCC(c2nccnc2Oc2ccc(Nc3nc4ccccc4s3)cc2)C1. The molecule has 0 amide bonds. The highest BCUT2D eigenvalue weighted by atomic mass is 32.1. The Morgan fingerprint density at radius 1 is 1.00 bits per heavy atom. The van der Waals surface area contributed by atoms with Crippen molar-refractivity contribution < 1.29 is 9.84 Å². The Morgan fingerprint density at radius 3 is 2.67 bits per heavy atom. The van der Waals surface area contributed by atoms with E-state index in [-0.39, 0.29) is 12.0 Å². The highest BCUT2D eigenvalue weighted by Gasteiger charge is 2.26. The molecule has 0 saturated heterocycles. The van der Waals surface area contributed by atoms with Crippen LogP contribution < -0.4 is 10.1 Å². The van der Waals surface area contributed by atoms with E-state index in [0.717, 1.165) is 46.0 Å². The molecule has 0 aliphatic heterocycles. The van der Waals surface area contributed by atoms with Crippen LogP contribution in [0.4, 0.5) is 10.8 Å². The van der Waals surface area contributed by atoms with Crippen LogP contribution in [0.1, 0.15) is 37.3 Å². The Bertz CT molecular complexity index is 1110. The van der Waals surface area contributed by atoms with Gasteiger partial charge in [-0.3, -0.25) is 4.98 Å². The van der Waals surface area contributed by atoms with E-state index < -0.39 is 0 Å². The van der Waals surface area contributed by atoms with Crippen molar-refractivity contribution in [3.8, 4) is 11.6 Å². The number of aliphatic hydroxyl groups excluding tert-OH is 1. The number of thiazole rings is 1. The fraction of sp³-hybridized carbons (Fsp3) is 0.261. The molecule has 1 fully saturated rings. The zero-order valence-corrected chi connectivity index (χ0v) is 17.2. The van der Waals surface area contributed by atoms with Crippen LogP contribution in [0.3, 0.4) is 0 Å². The number of aromatic nitrogens is 3. The molecule has 4 aromatic rings. The van der Waals surface area contributed by atoms with Crippen molar-refractivity contribution in [3.05, 3.63) is 66.6 Å². The summed E-state index contributed by atoms with van der Waals surface area (Å²) in [5.41, 5.74) is 2.76. The molecule has 30 heavy (non-hydrogen) atoms. The van der Waals surface area contributed by atoms with Gasteiger partial charge in [0.2, 0.25) is 5.88 Å². The van der Waals surface area contributed by atoms with Crippen molar-refractivity contribution in [2.45, 2.75) is 37.7 Å². The summed E-state index contributed by atoms with van der Waals surface area (Å²) in [5.74, 6) is 1.39. The third-order valence-electron chi connectivity index (χ3n) is 5.34. The Kier molecular flexibility index (Phi) is 5.29. The molecular weight excluding hydrogens is 396 g/mol. The topological polar surface area (TPSA) is 80.2 Å². The minimum atomic E-state index is -0.272. The van der Waals surface area contributed by atoms with E-state index in [1.54, 1.807) is 23.7 Å². The maximum atomic E-state index is 10.0. The van der Waals surface area contributed by atoms with Gasteiger partial charge in [-0.1, -0.05) is 29.9 Å². The third-order valence-corrected chi connectivity index (χ3v) is 6.29. The van der Waals surface area contributed by atoms with Gasteiger partial charge in [0.15, 0.2) is 5.13 Å². The van der Waals surface area contributed by atoms with Gasteiger partial charge in [0.05, 0.1) is 16.3 Å². The number of nitrogens with zero attached hydrogens (tertiary/aromatic N) is 3. The lowest BCUT2D eigenvalue weighted by atomic mass is 9.85. The summed E-state index contributed by atoms with van der Waals surface area (Å²) in [6.45, 7) is 0. The molecule has 7 heteroatoms. The first-order valence-corrected chi connectivity index (χ1v) is 11.0. The van der Waals surface area contributed by atoms with E-state index in [4.69, 9.17) is 4.74 Å². The van der Waals surface area contributed by atoms with Gasteiger partial charge in [0.25, 0.3) is 0 Å². The number of benzene rings is 2. The Hall–Kier alpha value is -3.03. The van der Waals surface area contributed by atoms with Gasteiger partial charge < -0.3 is 15.2 Å². The number of nitrogens with one attached hydrogen (secondary N) is 1. The van der Waals surface area contributed by atoms with Crippen LogP contribution in [-0.2, 0) is 0 Å². The van der Waals surface area contributed by atoms with E-state index in [9.17, 15) is 5.11 Å². The molecule has 1 saturated carbocycles.